The molecule has 6 nitrogen and oxygen atoms in total. The molecule has 1 atom stereocenters. The van der Waals surface area contributed by atoms with E-state index < -0.39 is 12.0 Å². The quantitative estimate of drug-likeness (QED) is 0.732. The van der Waals surface area contributed by atoms with Crippen molar-refractivity contribution in [1.82, 2.24) is 9.97 Å². The summed E-state index contributed by atoms with van der Waals surface area (Å²) in [5, 5.41) is 0. The highest BCUT2D eigenvalue weighted by Crippen LogP contribution is 1.93. The van der Waals surface area contributed by atoms with E-state index in [0.29, 0.717) is 5.82 Å². The molecule has 0 bridgehead atoms. The number of carbonyl (C=O) groups is 1. The highest BCUT2D eigenvalue weighted by molar-refractivity contribution is 5.85. The molecule has 0 radical (unpaired) electrons. The Morgan fingerprint density at radius 1 is 1.62 bits per heavy atom. The lowest BCUT2D eigenvalue weighted by molar-refractivity contribution is -0.142. The third-order valence-electron chi connectivity index (χ3n) is 1.64. The Kier molecular flexibility index (Phi) is 8.74. The molecule has 1 aromatic heterocycles. The fourth-order valence-electron chi connectivity index (χ4n) is 0.958. The molecule has 1 unspecified atom stereocenters. The zero-order valence-corrected chi connectivity index (χ0v) is 10.1. The first-order valence-corrected chi connectivity index (χ1v) is 4.01. The second kappa shape index (κ2) is 8.09. The van der Waals surface area contributed by atoms with Crippen molar-refractivity contribution in [3.05, 3.63) is 28.4 Å². The number of hydrogen-bond donors (Lipinski definition) is 2. The van der Waals surface area contributed by atoms with Gasteiger partial charge in [0.15, 0.2) is 0 Å². The van der Waals surface area contributed by atoms with E-state index >= 15 is 0 Å². The van der Waals surface area contributed by atoms with Crippen LogP contribution in [0.5, 0.6) is 0 Å². The van der Waals surface area contributed by atoms with Crippen molar-refractivity contribution < 1.29 is 9.53 Å². The van der Waals surface area contributed by atoms with Gasteiger partial charge in [0, 0.05) is 18.7 Å². The first kappa shape index (κ1) is 17.3. The van der Waals surface area contributed by atoms with Crippen LogP contribution >= 0.6 is 24.8 Å². The van der Waals surface area contributed by atoms with Gasteiger partial charge >= 0.3 is 5.97 Å². The van der Waals surface area contributed by atoms with Crippen LogP contribution in [0.2, 0.25) is 0 Å². The molecule has 92 valence electrons. The molecule has 1 rings (SSSR count). The predicted molar refractivity (Wildman–Crippen MR) is 63.0 cm³/mol. The summed E-state index contributed by atoms with van der Waals surface area (Å²) in [6.45, 7) is 0. The Morgan fingerprint density at radius 3 is 2.75 bits per heavy atom. The minimum atomic E-state index is -0.800. The second-order valence-electron chi connectivity index (χ2n) is 2.71. The predicted octanol–water partition coefficient (Wildman–Crippen LogP) is -0.344. The minimum absolute atomic E-state index is 0. The highest BCUT2D eigenvalue weighted by Gasteiger charge is 2.15. The van der Waals surface area contributed by atoms with Gasteiger partial charge < -0.3 is 15.5 Å². The lowest BCUT2D eigenvalue weighted by atomic mass is 10.2. The van der Waals surface area contributed by atoms with Gasteiger partial charge in [-0.15, -0.1) is 24.8 Å². The monoisotopic (exact) mass is 269 g/mol. The topological polar surface area (TPSA) is 98.1 Å². The van der Waals surface area contributed by atoms with Crippen LogP contribution in [0.15, 0.2) is 17.1 Å². The van der Waals surface area contributed by atoms with Gasteiger partial charge in [0.2, 0.25) is 0 Å². The standard InChI is InChI=1S/C8H11N3O3.2ClH/c1-14-8(13)5(9)4-6-10-3-2-7(12)11-6;;/h2-3,5H,4,9H2,1H3,(H,10,11,12);2*1H. The van der Waals surface area contributed by atoms with E-state index in [0.717, 1.165) is 0 Å². The smallest absolute Gasteiger partial charge is 0.323 e. The van der Waals surface area contributed by atoms with Gasteiger partial charge in [0.05, 0.1) is 7.11 Å². The van der Waals surface area contributed by atoms with Crippen LogP contribution < -0.4 is 11.3 Å². The number of nitrogens with two attached hydrogens (primary N) is 1. The molecule has 8 heteroatoms. The maximum absolute atomic E-state index is 10.9. The molecule has 0 amide bonds. The first-order valence-electron chi connectivity index (χ1n) is 4.01. The number of aromatic amines is 1. The van der Waals surface area contributed by atoms with Crippen LogP contribution in [0.25, 0.3) is 0 Å². The number of hydrogen-bond acceptors (Lipinski definition) is 5. The number of aromatic nitrogens is 2. The van der Waals surface area contributed by atoms with Gasteiger partial charge in [-0.2, -0.15) is 0 Å². The average molecular weight is 270 g/mol. The summed E-state index contributed by atoms with van der Waals surface area (Å²) in [5.74, 6) is -0.160. The number of H-pyrrole nitrogens is 1. The van der Waals surface area contributed by atoms with E-state index in [9.17, 15) is 9.59 Å². The lowest BCUT2D eigenvalue weighted by Gasteiger charge is -2.07. The average Bonchev–Trinajstić information content (AvgIpc) is 2.16. The molecule has 16 heavy (non-hydrogen) atoms. The molecule has 0 aliphatic carbocycles. The van der Waals surface area contributed by atoms with Crippen molar-refractivity contribution in [2.45, 2.75) is 12.5 Å². The van der Waals surface area contributed by atoms with Crippen LogP contribution in [0.4, 0.5) is 0 Å². The number of rotatable bonds is 3. The van der Waals surface area contributed by atoms with Crippen molar-refractivity contribution in [3.8, 4) is 0 Å². The first-order chi connectivity index (χ1) is 6.63. The molecular formula is C8H13Cl2N3O3. The largest absolute Gasteiger partial charge is 0.468 e. The number of halogens is 2. The Balaban J connectivity index is 0. The van der Waals surface area contributed by atoms with Crippen molar-refractivity contribution in [3.63, 3.8) is 0 Å². The number of methoxy groups -OCH3 is 1. The van der Waals surface area contributed by atoms with Crippen molar-refractivity contribution in [2.24, 2.45) is 5.73 Å². The minimum Gasteiger partial charge on any atom is -0.468 e. The lowest BCUT2D eigenvalue weighted by Crippen LogP contribution is -2.34. The summed E-state index contributed by atoms with van der Waals surface area (Å²) < 4.78 is 4.43. The summed E-state index contributed by atoms with van der Waals surface area (Å²) in [6, 6.07) is 0.484. The van der Waals surface area contributed by atoms with Crippen LogP contribution in [0.1, 0.15) is 5.82 Å². The number of nitrogens with zero attached hydrogens (tertiary/aromatic N) is 1. The van der Waals surface area contributed by atoms with E-state index in [2.05, 4.69) is 14.7 Å². The van der Waals surface area contributed by atoms with Gasteiger partial charge in [-0.05, 0) is 0 Å². The molecule has 0 aliphatic heterocycles. The Hall–Kier alpha value is -1.11. The van der Waals surface area contributed by atoms with Crippen molar-refractivity contribution >= 4 is 30.8 Å². The van der Waals surface area contributed by atoms with Gasteiger partial charge in [-0.3, -0.25) is 9.59 Å². The third-order valence-corrected chi connectivity index (χ3v) is 1.64. The van der Waals surface area contributed by atoms with E-state index in [4.69, 9.17) is 5.73 Å². The molecule has 0 saturated heterocycles. The van der Waals surface area contributed by atoms with Crippen LogP contribution in [-0.4, -0.2) is 29.1 Å². The van der Waals surface area contributed by atoms with Crippen LogP contribution in [0.3, 0.4) is 0 Å². The normalized spacial score (nSPS) is 10.6. The Labute approximate surface area is 104 Å². The SMILES string of the molecule is COC(=O)C(N)Cc1nccc(=O)[nH]1.Cl.Cl. The molecule has 0 spiro atoms. The fourth-order valence-corrected chi connectivity index (χ4v) is 0.958. The maximum Gasteiger partial charge on any atom is 0.323 e. The summed E-state index contributed by atoms with van der Waals surface area (Å²) in [7, 11) is 1.25. The van der Waals surface area contributed by atoms with Gasteiger partial charge in [-0.1, -0.05) is 0 Å². The number of carbonyl (C=O) groups excluding carboxylic acids is 1. The van der Waals surface area contributed by atoms with Gasteiger partial charge in [0.1, 0.15) is 11.9 Å². The third kappa shape index (κ3) is 5.11. The van der Waals surface area contributed by atoms with Crippen molar-refractivity contribution in [2.75, 3.05) is 7.11 Å². The molecule has 0 saturated carbocycles. The van der Waals surface area contributed by atoms with E-state index in [-0.39, 0.29) is 36.8 Å². The molecule has 1 heterocycles. The summed E-state index contributed by atoms with van der Waals surface area (Å²) in [5.41, 5.74) is 5.20. The second-order valence-corrected chi connectivity index (χ2v) is 2.71. The number of nitrogens with one attached hydrogen (secondary N) is 1. The summed E-state index contributed by atoms with van der Waals surface area (Å²) in [6.07, 6.45) is 1.51. The van der Waals surface area contributed by atoms with Gasteiger partial charge in [-0.25, -0.2) is 4.98 Å². The molecule has 0 fully saturated rings. The summed E-state index contributed by atoms with van der Waals surface area (Å²) >= 11 is 0. The molecule has 0 aliphatic rings. The molecular weight excluding hydrogens is 257 g/mol. The van der Waals surface area contributed by atoms with Crippen LogP contribution in [-0.2, 0) is 16.0 Å². The fraction of sp³-hybridized carbons (Fsp3) is 0.375. The molecule has 0 aromatic carbocycles. The maximum atomic E-state index is 10.9. The zero-order chi connectivity index (χ0) is 10.6. The van der Waals surface area contributed by atoms with E-state index in [1.165, 1.54) is 19.4 Å². The van der Waals surface area contributed by atoms with E-state index in [1.807, 2.05) is 0 Å². The Morgan fingerprint density at radius 2 is 2.25 bits per heavy atom. The Bertz CT molecular complexity index is 383. The number of esters is 1. The van der Waals surface area contributed by atoms with Crippen LogP contribution in [0, 0.1) is 0 Å². The molecule has 3 N–H and O–H groups in total. The molecule has 1 aromatic rings. The summed E-state index contributed by atoms with van der Waals surface area (Å²) in [4.78, 5) is 28.1. The highest BCUT2D eigenvalue weighted by atomic mass is 35.5. The van der Waals surface area contributed by atoms with Crippen molar-refractivity contribution in [1.29, 1.82) is 0 Å². The van der Waals surface area contributed by atoms with E-state index in [1.54, 1.807) is 0 Å². The zero-order valence-electron chi connectivity index (χ0n) is 8.50. The van der Waals surface area contributed by atoms with Gasteiger partial charge in [0.25, 0.3) is 5.56 Å². The number of ether oxygens (including phenoxy) is 1.